The van der Waals surface area contributed by atoms with Gasteiger partial charge < -0.3 is 4.74 Å². The molecule has 2 rings (SSSR count). The highest BCUT2D eigenvalue weighted by molar-refractivity contribution is 6.32. The Labute approximate surface area is 160 Å². The number of ketones is 1. The normalized spacial score (nSPS) is 10.7. The molecule has 26 heavy (non-hydrogen) atoms. The van der Waals surface area contributed by atoms with E-state index in [0.29, 0.717) is 28.6 Å². The van der Waals surface area contributed by atoms with Gasteiger partial charge in [0.1, 0.15) is 5.56 Å². The van der Waals surface area contributed by atoms with Crippen LogP contribution in [0.2, 0.25) is 5.02 Å². The van der Waals surface area contributed by atoms with Gasteiger partial charge in [-0.3, -0.25) is 4.79 Å². The number of aromatic nitrogens is 2. The zero-order valence-corrected chi connectivity index (χ0v) is 17.2. The van der Waals surface area contributed by atoms with E-state index in [2.05, 4.69) is 12.0 Å². The molecule has 0 amide bonds. The molecule has 0 atom stereocenters. The number of allylic oxidation sites excluding steroid dienone is 2. The molecule has 0 bridgehead atoms. The van der Waals surface area contributed by atoms with Crippen LogP contribution in [0.4, 0.5) is 0 Å². The lowest BCUT2D eigenvalue weighted by Crippen LogP contribution is -2.09. The van der Waals surface area contributed by atoms with E-state index < -0.39 is 0 Å². The number of benzene rings is 1. The lowest BCUT2D eigenvalue weighted by molar-refractivity contribution is 0.103. The molecule has 0 spiro atoms. The minimum atomic E-state index is -0.0958. The zero-order valence-electron chi connectivity index (χ0n) is 16.4. The van der Waals surface area contributed by atoms with Gasteiger partial charge in [-0.2, -0.15) is 5.10 Å². The lowest BCUT2D eigenvalue weighted by atomic mass is 9.92. The molecule has 1 aromatic carbocycles. The van der Waals surface area contributed by atoms with Gasteiger partial charge in [0, 0.05) is 17.6 Å². The fourth-order valence-corrected chi connectivity index (χ4v) is 3.19. The van der Waals surface area contributed by atoms with E-state index in [1.54, 1.807) is 30.1 Å². The maximum Gasteiger partial charge on any atom is 0.223 e. The molecule has 0 fully saturated rings. The van der Waals surface area contributed by atoms with Gasteiger partial charge in [-0.15, -0.1) is 0 Å². The number of rotatable bonds is 7. The van der Waals surface area contributed by atoms with E-state index in [4.69, 9.17) is 16.3 Å². The summed E-state index contributed by atoms with van der Waals surface area (Å²) in [7, 11) is 1.78. The second kappa shape index (κ2) is 8.54. The summed E-state index contributed by atoms with van der Waals surface area (Å²) < 4.78 is 7.42. The minimum Gasteiger partial charge on any atom is -0.477 e. The van der Waals surface area contributed by atoms with Crippen LogP contribution in [0, 0.1) is 6.92 Å². The SMILES string of the molecule is CCCCOc1c(C(=O)c2ccc(Cl)c(C(C)=C(C)C)c2C)cnn1C. The van der Waals surface area contributed by atoms with Crippen LogP contribution in [0.15, 0.2) is 23.9 Å². The highest BCUT2D eigenvalue weighted by Gasteiger charge is 2.23. The summed E-state index contributed by atoms with van der Waals surface area (Å²) in [6, 6.07) is 3.57. The molecule has 140 valence electrons. The molecule has 0 aliphatic heterocycles. The predicted octanol–water partition coefficient (Wildman–Crippen LogP) is 5.61. The molecule has 2 aromatic rings. The van der Waals surface area contributed by atoms with E-state index in [1.807, 2.05) is 27.7 Å². The molecule has 0 saturated carbocycles. The van der Waals surface area contributed by atoms with Crippen molar-refractivity contribution in [3.8, 4) is 5.88 Å². The Balaban J connectivity index is 2.49. The second-order valence-corrected chi connectivity index (χ2v) is 7.15. The monoisotopic (exact) mass is 374 g/mol. The van der Waals surface area contributed by atoms with Crippen LogP contribution in [0.1, 0.15) is 67.6 Å². The Morgan fingerprint density at radius 3 is 2.54 bits per heavy atom. The molecule has 5 heteroatoms. The topological polar surface area (TPSA) is 44.1 Å². The lowest BCUT2D eigenvalue weighted by Gasteiger charge is -2.15. The van der Waals surface area contributed by atoms with Crippen LogP contribution in [0.3, 0.4) is 0 Å². The number of hydrogen-bond donors (Lipinski definition) is 0. The highest BCUT2D eigenvalue weighted by Crippen LogP contribution is 2.33. The summed E-state index contributed by atoms with van der Waals surface area (Å²) in [4.78, 5) is 13.2. The van der Waals surface area contributed by atoms with E-state index >= 15 is 0 Å². The van der Waals surface area contributed by atoms with Crippen LogP contribution in [-0.4, -0.2) is 22.2 Å². The molecule has 0 radical (unpaired) electrons. The molecule has 1 heterocycles. The fourth-order valence-electron chi connectivity index (χ4n) is 2.85. The van der Waals surface area contributed by atoms with Gasteiger partial charge in [0.25, 0.3) is 0 Å². The van der Waals surface area contributed by atoms with Crippen molar-refractivity contribution in [3.63, 3.8) is 0 Å². The van der Waals surface area contributed by atoms with Crippen molar-refractivity contribution in [2.45, 2.75) is 47.5 Å². The molecule has 0 saturated heterocycles. The number of hydrogen-bond acceptors (Lipinski definition) is 3. The standard InChI is InChI=1S/C21H27ClN2O2/c1-7-8-11-26-21-17(12-23-24(21)6)20(25)16-9-10-18(22)19(15(16)5)14(4)13(2)3/h9-10,12H,7-8,11H2,1-6H3. The second-order valence-electron chi connectivity index (χ2n) is 6.74. The van der Waals surface area contributed by atoms with Crippen molar-refractivity contribution in [2.75, 3.05) is 6.61 Å². The van der Waals surface area contributed by atoms with Gasteiger partial charge in [-0.25, -0.2) is 4.68 Å². The Bertz CT molecular complexity index is 846. The average Bonchev–Trinajstić information content (AvgIpc) is 2.95. The van der Waals surface area contributed by atoms with Crippen molar-refractivity contribution in [2.24, 2.45) is 7.05 Å². The third-order valence-corrected chi connectivity index (χ3v) is 4.96. The number of halogens is 1. The number of unbranched alkanes of at least 4 members (excludes halogenated alkanes) is 1. The summed E-state index contributed by atoms with van der Waals surface area (Å²) >= 11 is 6.42. The smallest absolute Gasteiger partial charge is 0.223 e. The number of aryl methyl sites for hydroxylation is 1. The van der Waals surface area contributed by atoms with Gasteiger partial charge in [-0.05, 0) is 62.9 Å². The first-order chi connectivity index (χ1) is 12.3. The van der Waals surface area contributed by atoms with Gasteiger partial charge in [0.2, 0.25) is 5.88 Å². The predicted molar refractivity (Wildman–Crippen MR) is 107 cm³/mol. The van der Waals surface area contributed by atoms with Crippen LogP contribution in [0.5, 0.6) is 5.88 Å². The van der Waals surface area contributed by atoms with Crippen LogP contribution >= 0.6 is 11.6 Å². The molecule has 0 unspecified atom stereocenters. The summed E-state index contributed by atoms with van der Waals surface area (Å²) in [6.07, 6.45) is 3.54. The van der Waals surface area contributed by atoms with E-state index in [1.165, 1.54) is 5.57 Å². The third-order valence-electron chi connectivity index (χ3n) is 4.65. The summed E-state index contributed by atoms with van der Waals surface area (Å²) in [6.45, 7) is 10.7. The average molecular weight is 375 g/mol. The van der Waals surface area contributed by atoms with Gasteiger partial charge in [0.05, 0.1) is 12.8 Å². The Morgan fingerprint density at radius 1 is 1.23 bits per heavy atom. The fraction of sp³-hybridized carbons (Fsp3) is 0.429. The van der Waals surface area contributed by atoms with Crippen molar-refractivity contribution in [1.29, 1.82) is 0 Å². The van der Waals surface area contributed by atoms with Crippen molar-refractivity contribution < 1.29 is 9.53 Å². The van der Waals surface area contributed by atoms with Gasteiger partial charge in [0.15, 0.2) is 5.78 Å². The maximum atomic E-state index is 13.2. The van der Waals surface area contributed by atoms with E-state index in [-0.39, 0.29) is 5.78 Å². The first kappa shape index (κ1) is 20.2. The molecular formula is C21H27ClN2O2. The molecular weight excluding hydrogens is 348 g/mol. The van der Waals surface area contributed by atoms with Crippen LogP contribution < -0.4 is 4.74 Å². The Morgan fingerprint density at radius 2 is 1.92 bits per heavy atom. The van der Waals surface area contributed by atoms with Crippen molar-refractivity contribution in [1.82, 2.24) is 9.78 Å². The van der Waals surface area contributed by atoms with Crippen LogP contribution in [0.25, 0.3) is 5.57 Å². The number of carbonyl (C=O) groups is 1. The summed E-state index contributed by atoms with van der Waals surface area (Å²) in [5, 5.41) is 4.87. The third kappa shape index (κ3) is 4.01. The van der Waals surface area contributed by atoms with Gasteiger partial charge in [-0.1, -0.05) is 30.5 Å². The largest absolute Gasteiger partial charge is 0.477 e. The molecule has 1 aromatic heterocycles. The Hall–Kier alpha value is -2.07. The quantitative estimate of drug-likeness (QED) is 0.467. The first-order valence-corrected chi connectivity index (χ1v) is 9.30. The number of nitrogens with zero attached hydrogens (tertiary/aromatic N) is 2. The van der Waals surface area contributed by atoms with Crippen LogP contribution in [-0.2, 0) is 7.05 Å². The molecule has 0 N–H and O–H groups in total. The summed E-state index contributed by atoms with van der Waals surface area (Å²) in [5.74, 6) is 0.417. The molecule has 0 aliphatic carbocycles. The molecule has 4 nitrogen and oxygen atoms in total. The van der Waals surface area contributed by atoms with Gasteiger partial charge >= 0.3 is 0 Å². The Kier molecular flexibility index (Phi) is 6.65. The summed E-state index contributed by atoms with van der Waals surface area (Å²) in [5.41, 5.74) is 5.17. The molecule has 0 aliphatic rings. The minimum absolute atomic E-state index is 0.0958. The highest BCUT2D eigenvalue weighted by atomic mass is 35.5. The van der Waals surface area contributed by atoms with E-state index in [9.17, 15) is 4.79 Å². The van der Waals surface area contributed by atoms with Crippen molar-refractivity contribution >= 4 is 23.0 Å². The van der Waals surface area contributed by atoms with E-state index in [0.717, 1.165) is 29.5 Å². The van der Waals surface area contributed by atoms with Crippen molar-refractivity contribution in [3.05, 3.63) is 51.2 Å². The number of carbonyl (C=O) groups excluding carboxylic acids is 1. The number of ether oxygens (including phenoxy) is 1. The maximum absolute atomic E-state index is 13.2. The first-order valence-electron chi connectivity index (χ1n) is 8.92. The zero-order chi connectivity index (χ0) is 19.4.